The van der Waals surface area contributed by atoms with Crippen molar-refractivity contribution in [2.45, 2.75) is 13.5 Å². The number of nitrogens with one attached hydrogen (secondary N) is 2. The Bertz CT molecular complexity index is 624. The molecule has 0 radical (unpaired) electrons. The second kappa shape index (κ2) is 6.87. The van der Waals surface area contributed by atoms with Crippen LogP contribution in [0.25, 0.3) is 0 Å². The summed E-state index contributed by atoms with van der Waals surface area (Å²) in [5.41, 5.74) is 5.49. The molecule has 0 bridgehead atoms. The first kappa shape index (κ1) is 15.0. The third-order valence-electron chi connectivity index (χ3n) is 3.06. The van der Waals surface area contributed by atoms with Crippen LogP contribution in [0.3, 0.4) is 0 Å². The van der Waals surface area contributed by atoms with Crippen molar-refractivity contribution in [3.63, 3.8) is 0 Å². The minimum atomic E-state index is -0.187. The molecule has 1 aromatic heterocycles. The van der Waals surface area contributed by atoms with E-state index >= 15 is 0 Å². The van der Waals surface area contributed by atoms with Crippen molar-refractivity contribution in [2.75, 3.05) is 24.5 Å². The molecular formula is C14H19N5O2. The number of hydrazine groups is 1. The summed E-state index contributed by atoms with van der Waals surface area (Å²) in [5, 5.41) is 6.95. The lowest BCUT2D eigenvalue weighted by Crippen LogP contribution is -2.13. The van der Waals surface area contributed by atoms with Crippen molar-refractivity contribution in [1.82, 2.24) is 9.78 Å². The van der Waals surface area contributed by atoms with Crippen molar-refractivity contribution in [2.24, 2.45) is 5.84 Å². The molecule has 0 aliphatic rings. The molecule has 0 spiro atoms. The molecule has 0 saturated heterocycles. The van der Waals surface area contributed by atoms with Gasteiger partial charge in [0, 0.05) is 18.9 Å². The molecule has 0 atom stereocenters. The molecule has 0 saturated carbocycles. The van der Waals surface area contributed by atoms with Crippen LogP contribution in [0.15, 0.2) is 30.6 Å². The summed E-state index contributed by atoms with van der Waals surface area (Å²) in [6.07, 6.45) is 3.37. The van der Waals surface area contributed by atoms with E-state index in [1.54, 1.807) is 42.4 Å². The molecule has 1 amide bonds. The summed E-state index contributed by atoms with van der Waals surface area (Å²) in [6, 6.07) is 5.26. The maximum absolute atomic E-state index is 12.2. The lowest BCUT2D eigenvalue weighted by Gasteiger charge is -2.07. The van der Waals surface area contributed by atoms with Gasteiger partial charge in [-0.15, -0.1) is 0 Å². The van der Waals surface area contributed by atoms with Crippen molar-refractivity contribution >= 4 is 17.3 Å². The van der Waals surface area contributed by atoms with E-state index in [0.29, 0.717) is 24.4 Å². The number of aromatic nitrogens is 2. The highest BCUT2D eigenvalue weighted by molar-refractivity contribution is 6.04. The van der Waals surface area contributed by atoms with Gasteiger partial charge < -0.3 is 15.5 Å². The number of hydrogen-bond acceptors (Lipinski definition) is 5. The Kier molecular flexibility index (Phi) is 4.91. The number of anilines is 2. The predicted octanol–water partition coefficient (Wildman–Crippen LogP) is 1.38. The average Bonchev–Trinajstić information content (AvgIpc) is 2.92. The van der Waals surface area contributed by atoms with E-state index in [2.05, 4.69) is 15.8 Å². The molecule has 7 nitrogen and oxygen atoms in total. The molecule has 21 heavy (non-hydrogen) atoms. The number of carbonyl (C=O) groups is 1. The van der Waals surface area contributed by atoms with E-state index in [0.717, 1.165) is 11.3 Å². The molecule has 2 aromatic rings. The molecule has 112 valence electrons. The summed E-state index contributed by atoms with van der Waals surface area (Å²) in [6.45, 7) is 3.10. The zero-order valence-electron chi connectivity index (χ0n) is 12.1. The quantitative estimate of drug-likeness (QED) is 0.551. The molecule has 4 N–H and O–H groups in total. The van der Waals surface area contributed by atoms with Gasteiger partial charge in [0.25, 0.3) is 5.91 Å². The van der Waals surface area contributed by atoms with Crippen LogP contribution < -0.4 is 16.6 Å². The molecule has 0 unspecified atom stereocenters. The standard InChI is InChI=1S/C14H19N5O2/c1-10-7-11(3-4-13(10)18-15)14(20)17-12-8-16-19(9-12)5-6-21-2/h3-4,7-9,18H,5-6,15H2,1-2H3,(H,17,20). The second-order valence-corrected chi connectivity index (χ2v) is 4.61. The van der Waals surface area contributed by atoms with E-state index in [1.807, 2.05) is 6.92 Å². The summed E-state index contributed by atoms with van der Waals surface area (Å²) in [4.78, 5) is 12.2. The maximum Gasteiger partial charge on any atom is 0.255 e. The van der Waals surface area contributed by atoms with Gasteiger partial charge >= 0.3 is 0 Å². The first-order valence-corrected chi connectivity index (χ1v) is 6.54. The lowest BCUT2D eigenvalue weighted by atomic mass is 10.1. The number of aryl methyl sites for hydroxylation is 1. The number of carbonyl (C=O) groups excluding carboxylic acids is 1. The van der Waals surface area contributed by atoms with Crippen LogP contribution in [0, 0.1) is 6.92 Å². The highest BCUT2D eigenvalue weighted by Gasteiger charge is 2.09. The predicted molar refractivity (Wildman–Crippen MR) is 81.0 cm³/mol. The first-order chi connectivity index (χ1) is 10.1. The largest absolute Gasteiger partial charge is 0.383 e. The Morgan fingerprint density at radius 2 is 2.29 bits per heavy atom. The average molecular weight is 289 g/mol. The molecule has 1 heterocycles. The Hall–Kier alpha value is -2.38. The van der Waals surface area contributed by atoms with Gasteiger partial charge in [0.15, 0.2) is 0 Å². The minimum Gasteiger partial charge on any atom is -0.383 e. The van der Waals surface area contributed by atoms with Gasteiger partial charge in [-0.25, -0.2) is 0 Å². The molecule has 0 fully saturated rings. The fourth-order valence-corrected chi connectivity index (χ4v) is 1.91. The van der Waals surface area contributed by atoms with Gasteiger partial charge in [-0.3, -0.25) is 15.3 Å². The molecular weight excluding hydrogens is 270 g/mol. The summed E-state index contributed by atoms with van der Waals surface area (Å²) in [5.74, 6) is 5.18. The van der Waals surface area contributed by atoms with Crippen LogP contribution in [0.4, 0.5) is 11.4 Å². The Labute approximate surface area is 123 Å². The highest BCUT2D eigenvalue weighted by atomic mass is 16.5. The van der Waals surface area contributed by atoms with Gasteiger partial charge in [0.2, 0.25) is 0 Å². The van der Waals surface area contributed by atoms with Gasteiger partial charge in [0.1, 0.15) is 0 Å². The topological polar surface area (TPSA) is 94.2 Å². The summed E-state index contributed by atoms with van der Waals surface area (Å²) < 4.78 is 6.69. The fourth-order valence-electron chi connectivity index (χ4n) is 1.91. The van der Waals surface area contributed by atoms with Crippen molar-refractivity contribution < 1.29 is 9.53 Å². The van der Waals surface area contributed by atoms with Crippen LogP contribution in [-0.4, -0.2) is 29.4 Å². The smallest absolute Gasteiger partial charge is 0.255 e. The number of hydrogen-bond donors (Lipinski definition) is 3. The normalized spacial score (nSPS) is 10.4. The van der Waals surface area contributed by atoms with E-state index in [9.17, 15) is 4.79 Å². The van der Waals surface area contributed by atoms with E-state index in [-0.39, 0.29) is 5.91 Å². The van der Waals surface area contributed by atoms with Crippen molar-refractivity contribution in [3.05, 3.63) is 41.7 Å². The molecule has 0 aliphatic heterocycles. The number of amides is 1. The van der Waals surface area contributed by atoms with Crippen LogP contribution in [0.1, 0.15) is 15.9 Å². The zero-order chi connectivity index (χ0) is 15.2. The van der Waals surface area contributed by atoms with Crippen LogP contribution in [-0.2, 0) is 11.3 Å². The lowest BCUT2D eigenvalue weighted by molar-refractivity contribution is 0.102. The van der Waals surface area contributed by atoms with Crippen LogP contribution in [0.5, 0.6) is 0 Å². The number of methoxy groups -OCH3 is 1. The van der Waals surface area contributed by atoms with Crippen molar-refractivity contribution in [3.8, 4) is 0 Å². The van der Waals surface area contributed by atoms with E-state index in [4.69, 9.17) is 10.6 Å². The second-order valence-electron chi connectivity index (χ2n) is 4.61. The number of benzene rings is 1. The van der Waals surface area contributed by atoms with Crippen molar-refractivity contribution in [1.29, 1.82) is 0 Å². The number of nitrogen functional groups attached to an aromatic ring is 1. The van der Waals surface area contributed by atoms with Crippen LogP contribution >= 0.6 is 0 Å². The monoisotopic (exact) mass is 289 g/mol. The van der Waals surface area contributed by atoms with Gasteiger partial charge in [-0.2, -0.15) is 5.10 Å². The Balaban J connectivity index is 2.03. The van der Waals surface area contributed by atoms with E-state index < -0.39 is 0 Å². The van der Waals surface area contributed by atoms with Crippen LogP contribution in [0.2, 0.25) is 0 Å². The molecule has 0 aliphatic carbocycles. The molecule has 1 aromatic carbocycles. The fraction of sp³-hybridized carbons (Fsp3) is 0.286. The number of ether oxygens (including phenoxy) is 1. The third-order valence-corrected chi connectivity index (χ3v) is 3.06. The number of nitrogens with two attached hydrogens (primary N) is 1. The third kappa shape index (κ3) is 3.80. The summed E-state index contributed by atoms with van der Waals surface area (Å²) >= 11 is 0. The number of rotatable bonds is 6. The van der Waals surface area contributed by atoms with E-state index in [1.165, 1.54) is 0 Å². The summed E-state index contributed by atoms with van der Waals surface area (Å²) in [7, 11) is 1.63. The highest BCUT2D eigenvalue weighted by Crippen LogP contribution is 2.16. The Morgan fingerprint density at radius 3 is 2.95 bits per heavy atom. The first-order valence-electron chi connectivity index (χ1n) is 6.54. The zero-order valence-corrected chi connectivity index (χ0v) is 12.1. The van der Waals surface area contributed by atoms with Gasteiger partial charge in [-0.05, 0) is 30.7 Å². The minimum absolute atomic E-state index is 0.187. The van der Waals surface area contributed by atoms with Gasteiger partial charge in [0.05, 0.1) is 30.7 Å². The Morgan fingerprint density at radius 1 is 1.48 bits per heavy atom. The molecule has 2 rings (SSSR count). The maximum atomic E-state index is 12.2. The molecule has 7 heteroatoms. The SMILES string of the molecule is COCCn1cc(NC(=O)c2ccc(NN)c(C)c2)cn1. The van der Waals surface area contributed by atoms with Gasteiger partial charge in [-0.1, -0.05) is 0 Å². The number of nitrogens with zero attached hydrogens (tertiary/aromatic N) is 2.